The first kappa shape index (κ1) is 9.79. The van der Waals surface area contributed by atoms with Crippen LogP contribution in [0.15, 0.2) is 18.5 Å². The average Bonchev–Trinajstić information content (AvgIpc) is 2.64. The summed E-state index contributed by atoms with van der Waals surface area (Å²) in [4.78, 5) is 8.52. The summed E-state index contributed by atoms with van der Waals surface area (Å²) in [6.07, 6.45) is 8.12. The van der Waals surface area contributed by atoms with Crippen molar-refractivity contribution in [2.45, 2.75) is 19.4 Å². The van der Waals surface area contributed by atoms with Gasteiger partial charge in [0.1, 0.15) is 5.52 Å². The molecule has 5 heteroatoms. The summed E-state index contributed by atoms with van der Waals surface area (Å²) in [6, 6.07) is 0.173. The lowest BCUT2D eigenvalue weighted by Crippen LogP contribution is -2.12. The third-order valence-corrected chi connectivity index (χ3v) is 1.97. The van der Waals surface area contributed by atoms with E-state index in [2.05, 4.69) is 20.2 Å². The molecule has 0 spiro atoms. The van der Waals surface area contributed by atoms with Gasteiger partial charge in [-0.3, -0.25) is 5.10 Å². The third kappa shape index (κ3) is 2.38. The fourth-order valence-corrected chi connectivity index (χ4v) is 1.23. The fourth-order valence-electron chi connectivity index (χ4n) is 1.23. The Bertz CT molecular complexity index is 471. The molecule has 0 saturated carbocycles. The number of hydrogen-bond acceptors (Lipinski definition) is 4. The highest BCUT2D eigenvalue weighted by atomic mass is 15.1. The van der Waals surface area contributed by atoms with Crippen molar-refractivity contribution in [1.29, 1.82) is 0 Å². The maximum absolute atomic E-state index is 5.63. The number of fused-ring (bicyclic) bond motifs is 1. The monoisotopic (exact) mass is 203 g/mol. The first-order chi connectivity index (χ1) is 7.25. The highest BCUT2D eigenvalue weighted by Crippen LogP contribution is 2.06. The normalized spacial score (nSPS) is 13.7. The summed E-state index contributed by atoms with van der Waals surface area (Å²) >= 11 is 0. The number of rotatable bonds is 3. The number of hydrogen-bond donors (Lipinski definition) is 2. The van der Waals surface area contributed by atoms with Crippen LogP contribution in [0.25, 0.3) is 17.2 Å². The van der Waals surface area contributed by atoms with Gasteiger partial charge in [0.25, 0.3) is 0 Å². The molecule has 5 nitrogen and oxygen atoms in total. The minimum atomic E-state index is 0.173. The van der Waals surface area contributed by atoms with Gasteiger partial charge in [-0.1, -0.05) is 6.08 Å². The molecule has 2 heterocycles. The van der Waals surface area contributed by atoms with Gasteiger partial charge in [-0.25, -0.2) is 9.97 Å². The predicted molar refractivity (Wildman–Crippen MR) is 59.0 cm³/mol. The average molecular weight is 203 g/mol. The fraction of sp³-hybridized carbons (Fsp3) is 0.300. The highest BCUT2D eigenvalue weighted by molar-refractivity contribution is 5.69. The van der Waals surface area contributed by atoms with Crippen molar-refractivity contribution >= 4 is 17.2 Å². The molecule has 1 atom stereocenters. The number of H-pyrrole nitrogens is 1. The lowest BCUT2D eigenvalue weighted by atomic mass is 10.2. The van der Waals surface area contributed by atoms with Gasteiger partial charge in [0.05, 0.1) is 18.1 Å². The van der Waals surface area contributed by atoms with Crippen LogP contribution in [0.5, 0.6) is 0 Å². The van der Waals surface area contributed by atoms with Gasteiger partial charge in [-0.2, -0.15) is 5.10 Å². The van der Waals surface area contributed by atoms with E-state index in [1.165, 1.54) is 0 Å². The van der Waals surface area contributed by atoms with Crippen molar-refractivity contribution in [1.82, 2.24) is 20.2 Å². The lowest BCUT2D eigenvalue weighted by Gasteiger charge is -1.97. The Morgan fingerprint density at radius 1 is 1.53 bits per heavy atom. The summed E-state index contributed by atoms with van der Waals surface area (Å²) < 4.78 is 0. The second kappa shape index (κ2) is 4.18. The Labute approximate surface area is 87.4 Å². The van der Waals surface area contributed by atoms with E-state index in [0.717, 1.165) is 17.6 Å². The van der Waals surface area contributed by atoms with Gasteiger partial charge in [0, 0.05) is 6.04 Å². The summed E-state index contributed by atoms with van der Waals surface area (Å²) in [5, 5.41) is 6.61. The van der Waals surface area contributed by atoms with Gasteiger partial charge >= 0.3 is 0 Å². The van der Waals surface area contributed by atoms with E-state index in [1.54, 1.807) is 12.4 Å². The quantitative estimate of drug-likeness (QED) is 0.782. The zero-order valence-corrected chi connectivity index (χ0v) is 8.51. The van der Waals surface area contributed by atoms with Crippen LogP contribution in [0.1, 0.15) is 19.0 Å². The molecule has 2 aromatic heterocycles. The molecule has 0 aliphatic rings. The van der Waals surface area contributed by atoms with Crippen LogP contribution in [0.2, 0.25) is 0 Å². The maximum atomic E-state index is 5.63. The van der Waals surface area contributed by atoms with Gasteiger partial charge in [-0.05, 0) is 19.4 Å². The molecule has 0 aliphatic heterocycles. The van der Waals surface area contributed by atoms with E-state index in [1.807, 2.05) is 19.1 Å². The second-order valence-electron chi connectivity index (χ2n) is 3.51. The Kier molecular flexibility index (Phi) is 2.73. The van der Waals surface area contributed by atoms with Crippen LogP contribution in [0.4, 0.5) is 0 Å². The lowest BCUT2D eigenvalue weighted by molar-refractivity contribution is 0.759. The summed E-state index contributed by atoms with van der Waals surface area (Å²) in [6.45, 7) is 1.97. The van der Waals surface area contributed by atoms with Crippen molar-refractivity contribution < 1.29 is 0 Å². The summed E-state index contributed by atoms with van der Waals surface area (Å²) in [5.41, 5.74) is 7.94. The van der Waals surface area contributed by atoms with Crippen molar-refractivity contribution in [2.24, 2.45) is 5.73 Å². The largest absolute Gasteiger partial charge is 0.328 e. The van der Waals surface area contributed by atoms with Crippen molar-refractivity contribution in [3.63, 3.8) is 0 Å². The highest BCUT2D eigenvalue weighted by Gasteiger charge is 1.98. The van der Waals surface area contributed by atoms with Crippen LogP contribution in [0.3, 0.4) is 0 Å². The molecule has 0 unspecified atom stereocenters. The molecule has 3 N–H and O–H groups in total. The zero-order valence-electron chi connectivity index (χ0n) is 8.51. The number of aromatic nitrogens is 4. The minimum absolute atomic E-state index is 0.173. The van der Waals surface area contributed by atoms with Crippen LogP contribution in [-0.4, -0.2) is 26.2 Å². The Morgan fingerprint density at radius 2 is 2.40 bits per heavy atom. The van der Waals surface area contributed by atoms with Crippen molar-refractivity contribution in [3.05, 3.63) is 24.2 Å². The first-order valence-electron chi connectivity index (χ1n) is 4.84. The Balaban J connectivity index is 2.17. The van der Waals surface area contributed by atoms with Gasteiger partial charge < -0.3 is 5.73 Å². The molecule has 0 aromatic carbocycles. The molecule has 0 bridgehead atoms. The van der Waals surface area contributed by atoms with E-state index in [9.17, 15) is 0 Å². The zero-order chi connectivity index (χ0) is 10.7. The Morgan fingerprint density at radius 3 is 3.20 bits per heavy atom. The maximum Gasteiger partial charge on any atom is 0.174 e. The topological polar surface area (TPSA) is 80.5 Å². The van der Waals surface area contributed by atoms with E-state index in [4.69, 9.17) is 5.73 Å². The molecule has 0 saturated heterocycles. The molecule has 15 heavy (non-hydrogen) atoms. The SMILES string of the molecule is C[C@H](N)C/C=C/c1cnc2[nH]ncc2n1. The smallest absolute Gasteiger partial charge is 0.174 e. The third-order valence-electron chi connectivity index (χ3n) is 1.97. The van der Waals surface area contributed by atoms with E-state index in [-0.39, 0.29) is 6.04 Å². The second-order valence-corrected chi connectivity index (χ2v) is 3.51. The molecular formula is C10H13N5. The van der Waals surface area contributed by atoms with Crippen LogP contribution in [0, 0.1) is 0 Å². The van der Waals surface area contributed by atoms with E-state index < -0.39 is 0 Å². The van der Waals surface area contributed by atoms with E-state index >= 15 is 0 Å². The van der Waals surface area contributed by atoms with Crippen LogP contribution < -0.4 is 5.73 Å². The molecule has 0 aliphatic carbocycles. The molecule has 2 aromatic rings. The van der Waals surface area contributed by atoms with Crippen molar-refractivity contribution in [2.75, 3.05) is 0 Å². The van der Waals surface area contributed by atoms with Crippen LogP contribution in [-0.2, 0) is 0 Å². The predicted octanol–water partition coefficient (Wildman–Crippen LogP) is 1.10. The number of aromatic amines is 1. The standard InChI is InChI=1S/C10H13N5/c1-7(11)3-2-4-8-5-12-10-9(14-8)6-13-15-10/h2,4-7H,3,11H2,1H3,(H,12,13,15)/b4-2+/t7-/m0/s1. The molecule has 2 rings (SSSR count). The van der Waals surface area contributed by atoms with E-state index in [0.29, 0.717) is 5.65 Å². The molecule has 0 fully saturated rings. The Hall–Kier alpha value is -1.75. The number of nitrogens with one attached hydrogen (secondary N) is 1. The van der Waals surface area contributed by atoms with Gasteiger partial charge in [0.15, 0.2) is 5.65 Å². The van der Waals surface area contributed by atoms with Gasteiger partial charge in [-0.15, -0.1) is 0 Å². The summed E-state index contributed by atoms with van der Waals surface area (Å²) in [7, 11) is 0. The number of nitrogens with zero attached hydrogens (tertiary/aromatic N) is 3. The molecule has 0 radical (unpaired) electrons. The summed E-state index contributed by atoms with van der Waals surface area (Å²) in [5.74, 6) is 0. The molecule has 78 valence electrons. The minimum Gasteiger partial charge on any atom is -0.328 e. The van der Waals surface area contributed by atoms with Gasteiger partial charge in [0.2, 0.25) is 0 Å². The molecular weight excluding hydrogens is 190 g/mol. The van der Waals surface area contributed by atoms with Crippen LogP contribution >= 0.6 is 0 Å². The first-order valence-corrected chi connectivity index (χ1v) is 4.84. The van der Waals surface area contributed by atoms with Crippen molar-refractivity contribution in [3.8, 4) is 0 Å². The molecule has 0 amide bonds. The number of nitrogens with two attached hydrogens (primary N) is 1.